The van der Waals surface area contributed by atoms with Gasteiger partial charge >= 0.3 is 0 Å². The molecule has 3 rings (SSSR count). The minimum atomic E-state index is -0.914. The van der Waals surface area contributed by atoms with Gasteiger partial charge < -0.3 is 0 Å². The van der Waals surface area contributed by atoms with Gasteiger partial charge in [0.05, 0.1) is 16.0 Å². The molecule has 2 aromatic carbocycles. The van der Waals surface area contributed by atoms with Gasteiger partial charge in [-0.25, -0.2) is 9.07 Å². The number of nitrogens with zero attached hydrogens (tertiary/aromatic N) is 2. The van der Waals surface area contributed by atoms with Crippen LogP contribution in [0.3, 0.4) is 0 Å². The molecule has 0 aliphatic carbocycles. The molecule has 1 aromatic heterocycles. The average molecular weight is 403 g/mol. The summed E-state index contributed by atoms with van der Waals surface area (Å²) in [6.07, 6.45) is 0.648. The first-order valence-electron chi connectivity index (χ1n) is 8.48. The van der Waals surface area contributed by atoms with Gasteiger partial charge in [0.1, 0.15) is 5.82 Å². The summed E-state index contributed by atoms with van der Waals surface area (Å²) < 4.78 is 15.0. The number of fused-ring (bicyclic) bond motifs is 1. The van der Waals surface area contributed by atoms with E-state index >= 15 is 0 Å². The number of nitrogens with one attached hydrogen (secondary N) is 2. The predicted molar refractivity (Wildman–Crippen MR) is 103 cm³/mol. The number of benzene rings is 2. The maximum Gasteiger partial charge on any atom is 0.290 e. The van der Waals surface area contributed by atoms with Crippen LogP contribution in [-0.4, -0.2) is 21.6 Å². The van der Waals surface area contributed by atoms with Crippen LogP contribution in [-0.2, 0) is 6.54 Å². The summed E-state index contributed by atoms with van der Waals surface area (Å²) >= 11 is 5.84. The van der Waals surface area contributed by atoms with Crippen LogP contribution in [0.2, 0.25) is 5.02 Å². The van der Waals surface area contributed by atoms with Gasteiger partial charge in [-0.1, -0.05) is 42.8 Å². The van der Waals surface area contributed by atoms with Gasteiger partial charge in [-0.05, 0) is 24.6 Å². The molecular formula is C19H16ClFN4O3. The molecule has 0 unspecified atom stereocenters. The van der Waals surface area contributed by atoms with E-state index in [-0.39, 0.29) is 16.3 Å². The lowest BCUT2D eigenvalue weighted by Crippen LogP contribution is -2.43. The first-order chi connectivity index (χ1) is 13.4. The van der Waals surface area contributed by atoms with Gasteiger partial charge in [-0.15, -0.1) is 0 Å². The Morgan fingerprint density at radius 1 is 1.07 bits per heavy atom. The number of halogens is 2. The van der Waals surface area contributed by atoms with Crippen molar-refractivity contribution in [3.05, 3.63) is 74.9 Å². The molecule has 0 saturated heterocycles. The van der Waals surface area contributed by atoms with Gasteiger partial charge in [0, 0.05) is 11.9 Å². The van der Waals surface area contributed by atoms with Crippen molar-refractivity contribution < 1.29 is 14.0 Å². The Hall–Kier alpha value is -3.26. The number of hydrogen-bond acceptors (Lipinski definition) is 4. The van der Waals surface area contributed by atoms with Crippen LogP contribution in [0.1, 0.15) is 34.2 Å². The van der Waals surface area contributed by atoms with E-state index in [1.165, 1.54) is 16.8 Å². The molecule has 2 N–H and O–H groups in total. The summed E-state index contributed by atoms with van der Waals surface area (Å²) in [7, 11) is 0. The SMILES string of the molecule is CCCn1nc(C(=O)NNC(=O)c2c(F)cccc2Cl)c2ccccc2c1=O. The second kappa shape index (κ2) is 8.18. The topological polar surface area (TPSA) is 93.1 Å². The van der Waals surface area contributed by atoms with Crippen molar-refractivity contribution in [1.82, 2.24) is 20.6 Å². The van der Waals surface area contributed by atoms with E-state index < -0.39 is 23.2 Å². The minimum Gasteiger partial charge on any atom is -0.267 e. The van der Waals surface area contributed by atoms with E-state index in [1.807, 2.05) is 6.92 Å². The van der Waals surface area contributed by atoms with Gasteiger partial charge in [-0.2, -0.15) is 5.10 Å². The molecular weight excluding hydrogens is 387 g/mol. The first-order valence-corrected chi connectivity index (χ1v) is 8.86. The van der Waals surface area contributed by atoms with E-state index in [2.05, 4.69) is 16.0 Å². The molecule has 9 heteroatoms. The highest BCUT2D eigenvalue weighted by Gasteiger charge is 2.19. The summed E-state index contributed by atoms with van der Waals surface area (Å²) in [5, 5.41) is 4.70. The molecule has 0 aliphatic rings. The van der Waals surface area contributed by atoms with Crippen LogP contribution >= 0.6 is 11.6 Å². The van der Waals surface area contributed by atoms with Crippen LogP contribution in [0, 0.1) is 5.82 Å². The Labute approximate surface area is 164 Å². The number of aryl methyl sites for hydroxylation is 1. The van der Waals surface area contributed by atoms with Crippen molar-refractivity contribution in [1.29, 1.82) is 0 Å². The fourth-order valence-electron chi connectivity index (χ4n) is 2.72. The maximum atomic E-state index is 13.8. The quantitative estimate of drug-likeness (QED) is 0.656. The zero-order valence-corrected chi connectivity index (χ0v) is 15.6. The highest BCUT2D eigenvalue weighted by Crippen LogP contribution is 2.18. The fourth-order valence-corrected chi connectivity index (χ4v) is 2.97. The Morgan fingerprint density at radius 2 is 1.75 bits per heavy atom. The van der Waals surface area contributed by atoms with Gasteiger partial charge in [-0.3, -0.25) is 25.2 Å². The van der Waals surface area contributed by atoms with Crippen LogP contribution in [0.5, 0.6) is 0 Å². The maximum absolute atomic E-state index is 13.8. The first kappa shape index (κ1) is 19.5. The second-order valence-corrected chi connectivity index (χ2v) is 6.33. The van der Waals surface area contributed by atoms with E-state index in [0.717, 1.165) is 6.07 Å². The summed E-state index contributed by atoms with van der Waals surface area (Å²) in [6, 6.07) is 10.3. The number of aromatic nitrogens is 2. The zero-order valence-electron chi connectivity index (χ0n) is 14.8. The van der Waals surface area contributed by atoms with Crippen molar-refractivity contribution in [2.75, 3.05) is 0 Å². The fraction of sp³-hybridized carbons (Fsp3) is 0.158. The molecule has 0 bridgehead atoms. The van der Waals surface area contributed by atoms with Gasteiger partial charge in [0.2, 0.25) is 0 Å². The molecule has 144 valence electrons. The lowest BCUT2D eigenvalue weighted by atomic mass is 10.1. The van der Waals surface area contributed by atoms with Crippen molar-refractivity contribution in [2.45, 2.75) is 19.9 Å². The standard InChI is InChI=1S/C19H16ClFN4O3/c1-2-10-25-19(28)12-7-4-3-6-11(12)16(24-25)18(27)23-22-17(26)15-13(20)8-5-9-14(15)21/h3-9H,2,10H2,1H3,(H,22,26)(H,23,27). The molecule has 0 radical (unpaired) electrons. The summed E-state index contributed by atoms with van der Waals surface area (Å²) in [5.74, 6) is -2.48. The molecule has 3 aromatic rings. The number of carbonyl (C=O) groups is 2. The highest BCUT2D eigenvalue weighted by molar-refractivity contribution is 6.33. The molecule has 0 atom stereocenters. The Kier molecular flexibility index (Phi) is 5.70. The van der Waals surface area contributed by atoms with Crippen molar-refractivity contribution in [3.8, 4) is 0 Å². The number of hydrogen-bond donors (Lipinski definition) is 2. The molecule has 0 fully saturated rings. The molecule has 0 spiro atoms. The summed E-state index contributed by atoms with van der Waals surface area (Å²) in [4.78, 5) is 37.2. The van der Waals surface area contributed by atoms with Crippen LogP contribution in [0.4, 0.5) is 4.39 Å². The van der Waals surface area contributed by atoms with Crippen LogP contribution in [0.25, 0.3) is 10.8 Å². The normalized spacial score (nSPS) is 10.7. The number of hydrazine groups is 1. The van der Waals surface area contributed by atoms with E-state index in [0.29, 0.717) is 23.7 Å². The van der Waals surface area contributed by atoms with Crippen LogP contribution < -0.4 is 16.4 Å². The summed E-state index contributed by atoms with van der Waals surface area (Å²) in [5.41, 5.74) is 3.57. The molecule has 7 nitrogen and oxygen atoms in total. The third-order valence-corrected chi connectivity index (χ3v) is 4.31. The van der Waals surface area contributed by atoms with Crippen molar-refractivity contribution in [2.24, 2.45) is 0 Å². The Balaban J connectivity index is 1.91. The molecule has 28 heavy (non-hydrogen) atoms. The average Bonchev–Trinajstić information content (AvgIpc) is 2.68. The zero-order chi connectivity index (χ0) is 20.3. The Bertz CT molecular complexity index is 1110. The highest BCUT2D eigenvalue weighted by atomic mass is 35.5. The summed E-state index contributed by atoms with van der Waals surface area (Å²) in [6.45, 7) is 2.21. The van der Waals surface area contributed by atoms with E-state index in [9.17, 15) is 18.8 Å². The van der Waals surface area contributed by atoms with E-state index in [1.54, 1.807) is 24.3 Å². The van der Waals surface area contributed by atoms with Crippen molar-refractivity contribution >= 4 is 34.2 Å². The number of amides is 2. The largest absolute Gasteiger partial charge is 0.290 e. The molecule has 0 aliphatic heterocycles. The predicted octanol–water partition coefficient (Wildman–Crippen LogP) is 2.67. The lowest BCUT2D eigenvalue weighted by molar-refractivity contribution is 0.0841. The van der Waals surface area contributed by atoms with Crippen LogP contribution in [0.15, 0.2) is 47.3 Å². The number of carbonyl (C=O) groups excluding carboxylic acids is 2. The van der Waals surface area contributed by atoms with Crippen molar-refractivity contribution in [3.63, 3.8) is 0 Å². The molecule has 0 saturated carbocycles. The molecule has 2 amide bonds. The van der Waals surface area contributed by atoms with Gasteiger partial charge in [0.25, 0.3) is 17.4 Å². The smallest absolute Gasteiger partial charge is 0.267 e. The Morgan fingerprint density at radius 3 is 2.43 bits per heavy atom. The number of rotatable bonds is 4. The lowest BCUT2D eigenvalue weighted by Gasteiger charge is -2.12. The third kappa shape index (κ3) is 3.72. The monoisotopic (exact) mass is 402 g/mol. The van der Waals surface area contributed by atoms with Gasteiger partial charge in [0.15, 0.2) is 5.69 Å². The second-order valence-electron chi connectivity index (χ2n) is 5.93. The minimum absolute atomic E-state index is 0.0384. The molecule has 1 heterocycles. The van der Waals surface area contributed by atoms with E-state index in [4.69, 9.17) is 11.6 Å². The third-order valence-electron chi connectivity index (χ3n) is 4.00.